The van der Waals surface area contributed by atoms with E-state index in [1.807, 2.05) is 12.1 Å². The molecule has 0 saturated heterocycles. The minimum Gasteiger partial charge on any atom is -0.372 e. The van der Waals surface area contributed by atoms with Crippen LogP contribution in [-0.4, -0.2) is 13.1 Å². The summed E-state index contributed by atoms with van der Waals surface area (Å²) in [6.45, 7) is 0. The van der Waals surface area contributed by atoms with Crippen LogP contribution >= 0.6 is 11.6 Å². The molecule has 1 saturated carbocycles. The molecule has 0 radical (unpaired) electrons. The van der Waals surface area contributed by atoms with Gasteiger partial charge in [0, 0.05) is 18.8 Å². The average molecular weight is 207 g/mol. The molecule has 1 aromatic rings. The first-order chi connectivity index (χ1) is 6.72. The van der Waals surface area contributed by atoms with Gasteiger partial charge in [0.2, 0.25) is 0 Å². The Morgan fingerprint density at radius 2 is 2.21 bits per heavy atom. The minimum absolute atomic E-state index is 0.539. The highest BCUT2D eigenvalue weighted by molar-refractivity contribution is 6.32. The lowest BCUT2D eigenvalue weighted by Gasteiger charge is -2.18. The number of hydrogen-bond acceptors (Lipinski definition) is 2. The molecule has 0 unspecified atom stereocenters. The zero-order valence-corrected chi connectivity index (χ0v) is 8.75. The van der Waals surface area contributed by atoms with E-state index in [2.05, 4.69) is 18.0 Å². The van der Waals surface area contributed by atoms with Crippen LogP contribution in [0.4, 0.5) is 5.69 Å². The highest BCUT2D eigenvalue weighted by atomic mass is 35.5. The first kappa shape index (κ1) is 9.36. The van der Waals surface area contributed by atoms with Gasteiger partial charge in [-0.15, -0.1) is 0 Å². The van der Waals surface area contributed by atoms with Crippen LogP contribution < -0.4 is 4.90 Å². The Labute approximate surface area is 88.7 Å². The highest BCUT2D eigenvalue weighted by Gasteiger charge is 2.26. The van der Waals surface area contributed by atoms with Gasteiger partial charge in [-0.2, -0.15) is 5.26 Å². The molecule has 1 fully saturated rings. The molecule has 0 spiro atoms. The summed E-state index contributed by atoms with van der Waals surface area (Å²) in [6.07, 6.45) is 2.52. The van der Waals surface area contributed by atoms with E-state index in [1.54, 1.807) is 6.07 Å². The Balaban J connectivity index is 2.28. The van der Waals surface area contributed by atoms with Crippen LogP contribution in [-0.2, 0) is 0 Å². The van der Waals surface area contributed by atoms with Gasteiger partial charge >= 0.3 is 0 Å². The largest absolute Gasteiger partial charge is 0.372 e. The van der Waals surface area contributed by atoms with Crippen molar-refractivity contribution < 1.29 is 0 Å². The number of halogens is 1. The fourth-order valence-corrected chi connectivity index (χ4v) is 1.70. The Hall–Kier alpha value is -1.20. The predicted octanol–water partition coefficient (Wildman–Crippen LogP) is 2.81. The summed E-state index contributed by atoms with van der Waals surface area (Å²) in [5.74, 6) is 0. The van der Waals surface area contributed by atoms with Gasteiger partial charge < -0.3 is 4.90 Å². The van der Waals surface area contributed by atoms with E-state index in [0.29, 0.717) is 16.6 Å². The molecule has 0 aromatic heterocycles. The van der Waals surface area contributed by atoms with Crippen LogP contribution in [0.15, 0.2) is 18.2 Å². The summed E-state index contributed by atoms with van der Waals surface area (Å²) in [5, 5.41) is 9.26. The number of hydrogen-bond donors (Lipinski definition) is 0. The standard InChI is InChI=1S/C11H11ClN2/c1-14(9-4-5-9)10-3-2-8(7-13)11(12)6-10/h2-3,6,9H,4-5H2,1H3. The summed E-state index contributed by atoms with van der Waals surface area (Å²) < 4.78 is 0. The van der Waals surface area contributed by atoms with Gasteiger partial charge in [0.05, 0.1) is 10.6 Å². The first-order valence-corrected chi connectivity index (χ1v) is 5.02. The number of rotatable bonds is 2. The third-order valence-corrected chi connectivity index (χ3v) is 2.89. The van der Waals surface area contributed by atoms with E-state index < -0.39 is 0 Å². The molecular formula is C11H11ClN2. The summed E-state index contributed by atoms with van der Waals surface area (Å²) >= 11 is 5.95. The summed E-state index contributed by atoms with van der Waals surface area (Å²) in [4.78, 5) is 2.22. The van der Waals surface area contributed by atoms with Crippen molar-refractivity contribution in [2.75, 3.05) is 11.9 Å². The fourth-order valence-electron chi connectivity index (χ4n) is 1.49. The van der Waals surface area contributed by atoms with Crippen LogP contribution in [0.25, 0.3) is 0 Å². The van der Waals surface area contributed by atoms with Crippen molar-refractivity contribution in [3.8, 4) is 6.07 Å². The Bertz CT molecular complexity index is 391. The van der Waals surface area contributed by atoms with Crippen LogP contribution in [0.3, 0.4) is 0 Å². The monoisotopic (exact) mass is 206 g/mol. The normalized spacial score (nSPS) is 14.9. The highest BCUT2D eigenvalue weighted by Crippen LogP contribution is 2.31. The molecule has 0 amide bonds. The van der Waals surface area contributed by atoms with Crippen LogP contribution in [0.1, 0.15) is 18.4 Å². The second-order valence-corrected chi connectivity index (χ2v) is 4.03. The van der Waals surface area contributed by atoms with Gasteiger partial charge in [0.25, 0.3) is 0 Å². The quantitative estimate of drug-likeness (QED) is 0.744. The topological polar surface area (TPSA) is 27.0 Å². The molecule has 1 aliphatic rings. The number of nitriles is 1. The van der Waals surface area contributed by atoms with Crippen molar-refractivity contribution in [2.45, 2.75) is 18.9 Å². The predicted molar refractivity (Wildman–Crippen MR) is 57.6 cm³/mol. The lowest BCUT2D eigenvalue weighted by Crippen LogP contribution is -2.19. The van der Waals surface area contributed by atoms with Gasteiger partial charge in [-0.25, -0.2) is 0 Å². The number of nitrogens with zero attached hydrogens (tertiary/aromatic N) is 2. The fraction of sp³-hybridized carbons (Fsp3) is 0.364. The van der Waals surface area contributed by atoms with E-state index in [9.17, 15) is 0 Å². The molecule has 0 heterocycles. The third-order valence-electron chi connectivity index (χ3n) is 2.57. The second-order valence-electron chi connectivity index (χ2n) is 3.62. The molecule has 72 valence electrons. The molecule has 0 atom stereocenters. The molecule has 1 aromatic carbocycles. The van der Waals surface area contributed by atoms with Gasteiger partial charge in [-0.1, -0.05) is 11.6 Å². The van der Waals surface area contributed by atoms with Gasteiger partial charge in [0.1, 0.15) is 6.07 Å². The minimum atomic E-state index is 0.539. The van der Waals surface area contributed by atoms with E-state index in [-0.39, 0.29) is 0 Å². The van der Waals surface area contributed by atoms with E-state index >= 15 is 0 Å². The van der Waals surface area contributed by atoms with E-state index in [0.717, 1.165) is 5.69 Å². The molecule has 0 N–H and O–H groups in total. The third kappa shape index (κ3) is 1.69. The molecule has 3 heteroatoms. The molecule has 2 rings (SSSR count). The van der Waals surface area contributed by atoms with Crippen LogP contribution in [0.2, 0.25) is 5.02 Å². The smallest absolute Gasteiger partial charge is 0.101 e. The summed E-state index contributed by atoms with van der Waals surface area (Å²) in [5.41, 5.74) is 1.64. The van der Waals surface area contributed by atoms with Crippen molar-refractivity contribution >= 4 is 17.3 Å². The SMILES string of the molecule is CN(c1ccc(C#N)c(Cl)c1)C1CC1. The van der Waals surface area contributed by atoms with Crippen LogP contribution in [0, 0.1) is 11.3 Å². The molecule has 2 nitrogen and oxygen atoms in total. The second kappa shape index (κ2) is 3.51. The zero-order chi connectivity index (χ0) is 10.1. The van der Waals surface area contributed by atoms with Crippen molar-refractivity contribution in [1.82, 2.24) is 0 Å². The lowest BCUT2D eigenvalue weighted by atomic mass is 10.2. The van der Waals surface area contributed by atoms with E-state index in [1.165, 1.54) is 12.8 Å². The Morgan fingerprint density at radius 1 is 1.50 bits per heavy atom. The van der Waals surface area contributed by atoms with Crippen molar-refractivity contribution in [3.05, 3.63) is 28.8 Å². The van der Waals surface area contributed by atoms with Gasteiger partial charge in [-0.3, -0.25) is 0 Å². The summed E-state index contributed by atoms with van der Waals surface area (Å²) in [6, 6.07) is 8.30. The van der Waals surface area contributed by atoms with Crippen molar-refractivity contribution in [3.63, 3.8) is 0 Å². The van der Waals surface area contributed by atoms with Gasteiger partial charge in [0.15, 0.2) is 0 Å². The Kier molecular flexibility index (Phi) is 2.35. The van der Waals surface area contributed by atoms with E-state index in [4.69, 9.17) is 16.9 Å². The molecule has 1 aliphatic carbocycles. The maximum absolute atomic E-state index is 8.72. The Morgan fingerprint density at radius 3 is 2.71 bits per heavy atom. The van der Waals surface area contributed by atoms with Crippen molar-refractivity contribution in [2.24, 2.45) is 0 Å². The molecule has 0 aliphatic heterocycles. The lowest BCUT2D eigenvalue weighted by molar-refractivity contribution is 0.917. The van der Waals surface area contributed by atoms with Crippen molar-refractivity contribution in [1.29, 1.82) is 5.26 Å². The molecule has 0 bridgehead atoms. The first-order valence-electron chi connectivity index (χ1n) is 4.65. The maximum Gasteiger partial charge on any atom is 0.101 e. The van der Waals surface area contributed by atoms with Crippen LogP contribution in [0.5, 0.6) is 0 Å². The molecule has 14 heavy (non-hydrogen) atoms. The number of anilines is 1. The van der Waals surface area contributed by atoms with Gasteiger partial charge in [-0.05, 0) is 31.0 Å². The zero-order valence-electron chi connectivity index (χ0n) is 8.00. The average Bonchev–Trinajstić information content (AvgIpc) is 3.00. The summed E-state index contributed by atoms with van der Waals surface area (Å²) in [7, 11) is 2.06. The maximum atomic E-state index is 8.72. The number of benzene rings is 1. The molecular weight excluding hydrogens is 196 g/mol.